The van der Waals surface area contributed by atoms with Crippen LogP contribution in [-0.4, -0.2) is 9.78 Å². The lowest BCUT2D eigenvalue weighted by Gasteiger charge is -2.07. The molecule has 0 radical (unpaired) electrons. The fourth-order valence-corrected chi connectivity index (χ4v) is 3.06. The first-order valence-corrected chi connectivity index (χ1v) is 7.83. The standard InChI is InChI=1S/C19H19N3/c1-2-7-19(8-3-1)22-14-15(13-21-22)12-20-18-10-9-16-5-4-6-17(16)11-18/h1-3,7-11,13-14,20H,4-6,12H2. The molecule has 3 heteroatoms. The molecule has 0 atom stereocenters. The number of nitrogens with one attached hydrogen (secondary N) is 1. The van der Waals surface area contributed by atoms with Crippen molar-refractivity contribution in [1.82, 2.24) is 9.78 Å². The van der Waals surface area contributed by atoms with Crippen molar-refractivity contribution in [3.63, 3.8) is 0 Å². The van der Waals surface area contributed by atoms with Gasteiger partial charge in [-0.15, -0.1) is 0 Å². The van der Waals surface area contributed by atoms with Gasteiger partial charge in [0.05, 0.1) is 11.9 Å². The van der Waals surface area contributed by atoms with Gasteiger partial charge in [-0.2, -0.15) is 5.10 Å². The van der Waals surface area contributed by atoms with Crippen molar-refractivity contribution in [2.75, 3.05) is 5.32 Å². The van der Waals surface area contributed by atoms with Crippen LogP contribution >= 0.6 is 0 Å². The minimum absolute atomic E-state index is 0.797. The van der Waals surface area contributed by atoms with E-state index in [1.807, 2.05) is 29.1 Å². The van der Waals surface area contributed by atoms with Crippen molar-refractivity contribution in [3.05, 3.63) is 77.6 Å². The number of aromatic nitrogens is 2. The van der Waals surface area contributed by atoms with E-state index in [4.69, 9.17) is 0 Å². The minimum atomic E-state index is 0.797. The molecule has 0 unspecified atom stereocenters. The molecule has 22 heavy (non-hydrogen) atoms. The monoisotopic (exact) mass is 289 g/mol. The summed E-state index contributed by atoms with van der Waals surface area (Å²) in [5, 5.41) is 7.94. The summed E-state index contributed by atoms with van der Waals surface area (Å²) in [6, 6.07) is 16.9. The predicted molar refractivity (Wildman–Crippen MR) is 89.4 cm³/mol. The van der Waals surface area contributed by atoms with E-state index >= 15 is 0 Å². The van der Waals surface area contributed by atoms with Crippen LogP contribution in [0.1, 0.15) is 23.1 Å². The third-order valence-electron chi connectivity index (χ3n) is 4.25. The first kappa shape index (κ1) is 13.1. The number of fused-ring (bicyclic) bond motifs is 1. The van der Waals surface area contributed by atoms with E-state index in [9.17, 15) is 0 Å². The van der Waals surface area contributed by atoms with Crippen LogP contribution in [0, 0.1) is 0 Å². The van der Waals surface area contributed by atoms with Gasteiger partial charge in [0.25, 0.3) is 0 Å². The second kappa shape index (κ2) is 5.68. The van der Waals surface area contributed by atoms with Crippen LogP contribution < -0.4 is 5.32 Å². The summed E-state index contributed by atoms with van der Waals surface area (Å²) in [5.74, 6) is 0. The van der Waals surface area contributed by atoms with Crippen LogP contribution in [0.15, 0.2) is 60.9 Å². The van der Waals surface area contributed by atoms with Gasteiger partial charge in [-0.25, -0.2) is 4.68 Å². The van der Waals surface area contributed by atoms with E-state index < -0.39 is 0 Å². The van der Waals surface area contributed by atoms with Crippen molar-refractivity contribution in [2.24, 2.45) is 0 Å². The molecule has 0 saturated carbocycles. The molecule has 1 aromatic heterocycles. The van der Waals surface area contributed by atoms with E-state index in [1.165, 1.54) is 41.6 Å². The van der Waals surface area contributed by atoms with E-state index in [1.54, 1.807) is 0 Å². The number of anilines is 1. The van der Waals surface area contributed by atoms with Crippen LogP contribution in [0.25, 0.3) is 5.69 Å². The normalized spacial score (nSPS) is 13.1. The van der Waals surface area contributed by atoms with Crippen LogP contribution in [0.4, 0.5) is 5.69 Å². The van der Waals surface area contributed by atoms with Gasteiger partial charge < -0.3 is 5.32 Å². The topological polar surface area (TPSA) is 29.9 Å². The number of hydrogen-bond acceptors (Lipinski definition) is 2. The van der Waals surface area contributed by atoms with Crippen LogP contribution in [-0.2, 0) is 19.4 Å². The lowest BCUT2D eigenvalue weighted by atomic mass is 10.1. The third-order valence-corrected chi connectivity index (χ3v) is 4.25. The summed E-state index contributed by atoms with van der Waals surface area (Å²) in [6.07, 6.45) is 7.75. The maximum atomic E-state index is 4.43. The van der Waals surface area contributed by atoms with Gasteiger partial charge in [0, 0.05) is 24.0 Å². The van der Waals surface area contributed by atoms with Crippen molar-refractivity contribution in [3.8, 4) is 5.69 Å². The molecule has 3 aromatic rings. The maximum Gasteiger partial charge on any atom is 0.0645 e. The van der Waals surface area contributed by atoms with Crippen molar-refractivity contribution < 1.29 is 0 Å². The van der Waals surface area contributed by atoms with Crippen LogP contribution in [0.3, 0.4) is 0 Å². The minimum Gasteiger partial charge on any atom is -0.381 e. The second-order valence-electron chi connectivity index (χ2n) is 5.82. The van der Waals surface area contributed by atoms with Gasteiger partial charge in [-0.05, 0) is 54.7 Å². The molecule has 1 aliphatic rings. The molecule has 110 valence electrons. The van der Waals surface area contributed by atoms with E-state index in [0.29, 0.717) is 0 Å². The van der Waals surface area contributed by atoms with Gasteiger partial charge in [-0.3, -0.25) is 0 Å². The van der Waals surface area contributed by atoms with Gasteiger partial charge in [0.1, 0.15) is 0 Å². The first-order valence-electron chi connectivity index (χ1n) is 7.83. The van der Waals surface area contributed by atoms with Crippen LogP contribution in [0.5, 0.6) is 0 Å². The number of aryl methyl sites for hydroxylation is 2. The highest BCUT2D eigenvalue weighted by atomic mass is 15.3. The largest absolute Gasteiger partial charge is 0.381 e. The molecule has 1 aliphatic carbocycles. The van der Waals surface area contributed by atoms with Gasteiger partial charge in [0.15, 0.2) is 0 Å². The number of rotatable bonds is 4. The fraction of sp³-hybridized carbons (Fsp3) is 0.211. The van der Waals surface area contributed by atoms with E-state index in [2.05, 4.69) is 46.9 Å². The molecule has 0 spiro atoms. The smallest absolute Gasteiger partial charge is 0.0645 e. The highest BCUT2D eigenvalue weighted by Gasteiger charge is 2.10. The Morgan fingerprint density at radius 1 is 1.00 bits per heavy atom. The van der Waals surface area contributed by atoms with Gasteiger partial charge >= 0.3 is 0 Å². The Hall–Kier alpha value is -2.55. The molecule has 3 nitrogen and oxygen atoms in total. The fourth-order valence-electron chi connectivity index (χ4n) is 3.06. The summed E-state index contributed by atoms with van der Waals surface area (Å²) < 4.78 is 1.92. The molecule has 0 bridgehead atoms. The Morgan fingerprint density at radius 3 is 2.77 bits per heavy atom. The number of hydrogen-bond donors (Lipinski definition) is 1. The summed E-state index contributed by atoms with van der Waals surface area (Å²) in [6.45, 7) is 0.797. The molecule has 0 aliphatic heterocycles. The number of benzene rings is 2. The molecule has 2 aromatic carbocycles. The Kier molecular flexibility index (Phi) is 3.39. The summed E-state index contributed by atoms with van der Waals surface area (Å²) >= 11 is 0. The zero-order valence-electron chi connectivity index (χ0n) is 12.5. The first-order chi connectivity index (χ1) is 10.9. The van der Waals surface area contributed by atoms with E-state index in [-0.39, 0.29) is 0 Å². The molecule has 0 saturated heterocycles. The zero-order chi connectivity index (χ0) is 14.8. The summed E-state index contributed by atoms with van der Waals surface area (Å²) in [7, 11) is 0. The Bertz CT molecular complexity index is 774. The van der Waals surface area contributed by atoms with E-state index in [0.717, 1.165) is 12.2 Å². The molecular formula is C19H19N3. The Labute approximate surface area is 130 Å². The predicted octanol–water partition coefficient (Wildman–Crippen LogP) is 3.97. The highest BCUT2D eigenvalue weighted by Crippen LogP contribution is 2.25. The molecule has 0 amide bonds. The number of para-hydroxylation sites is 1. The Morgan fingerprint density at radius 2 is 1.86 bits per heavy atom. The van der Waals surface area contributed by atoms with Gasteiger partial charge in [-0.1, -0.05) is 24.3 Å². The van der Waals surface area contributed by atoms with Gasteiger partial charge in [0.2, 0.25) is 0 Å². The summed E-state index contributed by atoms with van der Waals surface area (Å²) in [5.41, 5.74) is 6.50. The van der Waals surface area contributed by atoms with Crippen molar-refractivity contribution in [2.45, 2.75) is 25.8 Å². The lowest BCUT2D eigenvalue weighted by Crippen LogP contribution is -1.99. The summed E-state index contributed by atoms with van der Waals surface area (Å²) in [4.78, 5) is 0. The Balaban J connectivity index is 1.45. The average molecular weight is 289 g/mol. The molecule has 0 fully saturated rings. The highest BCUT2D eigenvalue weighted by molar-refractivity contribution is 5.50. The molecule has 4 rings (SSSR count). The second-order valence-corrected chi connectivity index (χ2v) is 5.82. The lowest BCUT2D eigenvalue weighted by molar-refractivity contribution is 0.880. The van der Waals surface area contributed by atoms with Crippen molar-refractivity contribution >= 4 is 5.69 Å². The average Bonchev–Trinajstić information content (AvgIpc) is 3.22. The SMILES string of the molecule is c1ccc(-n2cc(CNc3ccc4c(c3)CCC4)cn2)cc1. The zero-order valence-corrected chi connectivity index (χ0v) is 12.5. The quantitative estimate of drug-likeness (QED) is 0.787. The maximum absolute atomic E-state index is 4.43. The third kappa shape index (κ3) is 2.62. The van der Waals surface area contributed by atoms with Crippen molar-refractivity contribution in [1.29, 1.82) is 0 Å². The molecule has 1 N–H and O–H groups in total. The molecular weight excluding hydrogens is 270 g/mol. The van der Waals surface area contributed by atoms with Crippen LogP contribution in [0.2, 0.25) is 0 Å². The number of nitrogens with zero attached hydrogens (tertiary/aromatic N) is 2. The molecule has 1 heterocycles.